The molecule has 4 N–H and O–H groups in total. The van der Waals surface area contributed by atoms with Crippen molar-refractivity contribution in [2.45, 2.75) is 30.5 Å². The second-order valence-electron chi connectivity index (χ2n) is 5.12. The van der Waals surface area contributed by atoms with Gasteiger partial charge in [0.25, 0.3) is 0 Å². The Labute approximate surface area is 128 Å². The maximum Gasteiger partial charge on any atom is 0.191 e. The van der Waals surface area contributed by atoms with E-state index in [4.69, 9.17) is 5.84 Å². The standard InChI is InChI=1S/C15H19N5S/c1-21-15-18-13(9-14(19-15)20-16)17-12-7-6-10-4-2-3-5-11(10)8-12/h2-5,9,12H,6-8,16H2,1H3,(H2,17,18,19,20). The molecule has 3 rings (SSSR count). The summed E-state index contributed by atoms with van der Waals surface area (Å²) in [5, 5.41) is 4.22. The first-order chi connectivity index (χ1) is 10.3. The number of anilines is 2. The van der Waals surface area contributed by atoms with Crippen molar-refractivity contribution in [1.29, 1.82) is 0 Å². The Morgan fingerprint density at radius 2 is 1.95 bits per heavy atom. The molecule has 21 heavy (non-hydrogen) atoms. The van der Waals surface area contributed by atoms with Gasteiger partial charge in [-0.15, -0.1) is 0 Å². The molecule has 0 amide bonds. The first-order valence-electron chi connectivity index (χ1n) is 7.01. The highest BCUT2D eigenvalue weighted by Crippen LogP contribution is 2.24. The van der Waals surface area contributed by atoms with Crippen LogP contribution in [0.1, 0.15) is 17.5 Å². The van der Waals surface area contributed by atoms with Gasteiger partial charge in [-0.3, -0.25) is 0 Å². The fourth-order valence-corrected chi connectivity index (χ4v) is 3.07. The van der Waals surface area contributed by atoms with Crippen LogP contribution in [-0.2, 0) is 12.8 Å². The van der Waals surface area contributed by atoms with Crippen molar-refractivity contribution in [2.75, 3.05) is 17.0 Å². The lowest BCUT2D eigenvalue weighted by molar-refractivity contribution is 0.607. The molecule has 0 radical (unpaired) electrons. The number of nitrogen functional groups attached to an aromatic ring is 1. The second kappa shape index (κ2) is 6.32. The predicted octanol–water partition coefficient (Wildman–Crippen LogP) is 2.45. The highest BCUT2D eigenvalue weighted by Gasteiger charge is 2.18. The monoisotopic (exact) mass is 301 g/mol. The molecule has 6 heteroatoms. The van der Waals surface area contributed by atoms with Gasteiger partial charge in [-0.2, -0.15) is 0 Å². The average Bonchev–Trinajstić information content (AvgIpc) is 2.54. The summed E-state index contributed by atoms with van der Waals surface area (Å²) in [5.41, 5.74) is 5.48. The minimum Gasteiger partial charge on any atom is -0.367 e. The Morgan fingerprint density at radius 1 is 1.19 bits per heavy atom. The summed E-state index contributed by atoms with van der Waals surface area (Å²) in [6.45, 7) is 0. The zero-order valence-electron chi connectivity index (χ0n) is 12.0. The van der Waals surface area contributed by atoms with Crippen LogP contribution < -0.4 is 16.6 Å². The van der Waals surface area contributed by atoms with Crippen LogP contribution in [0.15, 0.2) is 35.5 Å². The fourth-order valence-electron chi connectivity index (χ4n) is 2.69. The van der Waals surface area contributed by atoms with Crippen molar-refractivity contribution in [3.05, 3.63) is 41.5 Å². The van der Waals surface area contributed by atoms with Crippen LogP contribution in [0, 0.1) is 0 Å². The average molecular weight is 301 g/mol. The molecule has 2 aromatic rings. The lowest BCUT2D eigenvalue weighted by Gasteiger charge is -2.26. The van der Waals surface area contributed by atoms with Gasteiger partial charge in [0.2, 0.25) is 0 Å². The molecular weight excluding hydrogens is 282 g/mol. The molecule has 0 fully saturated rings. The minimum absolute atomic E-state index is 0.398. The number of thioether (sulfide) groups is 1. The quantitative estimate of drug-likeness (QED) is 0.348. The van der Waals surface area contributed by atoms with Gasteiger partial charge >= 0.3 is 0 Å². The summed E-state index contributed by atoms with van der Waals surface area (Å²) >= 11 is 1.51. The van der Waals surface area contributed by atoms with Crippen molar-refractivity contribution in [2.24, 2.45) is 5.84 Å². The zero-order chi connectivity index (χ0) is 14.7. The highest BCUT2D eigenvalue weighted by atomic mass is 32.2. The molecule has 0 bridgehead atoms. The van der Waals surface area contributed by atoms with Gasteiger partial charge < -0.3 is 10.7 Å². The summed E-state index contributed by atoms with van der Waals surface area (Å²) in [7, 11) is 0. The van der Waals surface area contributed by atoms with Gasteiger partial charge in [-0.05, 0) is 36.6 Å². The smallest absolute Gasteiger partial charge is 0.191 e. The van der Waals surface area contributed by atoms with Gasteiger partial charge in [0, 0.05) is 12.1 Å². The second-order valence-corrected chi connectivity index (χ2v) is 5.90. The third-order valence-corrected chi connectivity index (χ3v) is 4.28. The molecule has 1 aliphatic rings. The highest BCUT2D eigenvalue weighted by molar-refractivity contribution is 7.98. The van der Waals surface area contributed by atoms with Crippen molar-refractivity contribution < 1.29 is 0 Å². The summed E-state index contributed by atoms with van der Waals surface area (Å²) in [4.78, 5) is 8.77. The van der Waals surface area contributed by atoms with Gasteiger partial charge in [0.05, 0.1) is 0 Å². The molecule has 0 saturated carbocycles. The summed E-state index contributed by atoms with van der Waals surface area (Å²) in [5.74, 6) is 6.92. The number of nitrogens with one attached hydrogen (secondary N) is 2. The molecule has 0 aliphatic heterocycles. The molecule has 5 nitrogen and oxygen atoms in total. The molecule has 0 saturated heterocycles. The van der Waals surface area contributed by atoms with E-state index in [2.05, 4.69) is 45.0 Å². The summed E-state index contributed by atoms with van der Waals surface area (Å²) in [6.07, 6.45) is 5.20. The van der Waals surface area contributed by atoms with Crippen LogP contribution in [0.3, 0.4) is 0 Å². The van der Waals surface area contributed by atoms with Crippen LogP contribution in [0.4, 0.5) is 11.6 Å². The summed E-state index contributed by atoms with van der Waals surface area (Å²) < 4.78 is 0. The number of hydrogen-bond acceptors (Lipinski definition) is 6. The van der Waals surface area contributed by atoms with E-state index in [1.54, 1.807) is 0 Å². The topological polar surface area (TPSA) is 75.9 Å². The largest absolute Gasteiger partial charge is 0.367 e. The fraction of sp³-hybridized carbons (Fsp3) is 0.333. The van der Waals surface area contributed by atoms with Gasteiger partial charge in [0.15, 0.2) is 5.16 Å². The van der Waals surface area contributed by atoms with E-state index < -0.39 is 0 Å². The van der Waals surface area contributed by atoms with E-state index in [0.717, 1.165) is 25.1 Å². The maximum atomic E-state index is 5.46. The van der Waals surface area contributed by atoms with Crippen molar-refractivity contribution in [3.8, 4) is 0 Å². The van der Waals surface area contributed by atoms with Crippen molar-refractivity contribution >= 4 is 23.4 Å². The van der Waals surface area contributed by atoms with Crippen molar-refractivity contribution in [3.63, 3.8) is 0 Å². The Kier molecular flexibility index (Phi) is 4.26. The molecule has 0 spiro atoms. The van der Waals surface area contributed by atoms with Crippen LogP contribution in [0.25, 0.3) is 0 Å². The Balaban J connectivity index is 1.76. The third kappa shape index (κ3) is 3.28. The number of aromatic nitrogens is 2. The van der Waals surface area contributed by atoms with Crippen LogP contribution >= 0.6 is 11.8 Å². The van der Waals surface area contributed by atoms with E-state index in [9.17, 15) is 0 Å². The van der Waals surface area contributed by atoms with Gasteiger partial charge in [-0.25, -0.2) is 15.8 Å². The maximum absolute atomic E-state index is 5.46. The Hall–Kier alpha value is -1.79. The van der Waals surface area contributed by atoms with E-state index >= 15 is 0 Å². The minimum atomic E-state index is 0.398. The third-order valence-electron chi connectivity index (χ3n) is 3.73. The van der Waals surface area contributed by atoms with E-state index in [1.165, 1.54) is 22.9 Å². The van der Waals surface area contributed by atoms with Gasteiger partial charge in [-0.1, -0.05) is 36.0 Å². The van der Waals surface area contributed by atoms with E-state index in [-0.39, 0.29) is 0 Å². The normalized spacial score (nSPS) is 17.1. The van der Waals surface area contributed by atoms with Crippen LogP contribution in [0.2, 0.25) is 0 Å². The molecule has 1 heterocycles. The number of rotatable bonds is 4. The molecule has 1 aliphatic carbocycles. The molecule has 1 aromatic carbocycles. The molecule has 110 valence electrons. The molecule has 1 atom stereocenters. The van der Waals surface area contributed by atoms with Crippen molar-refractivity contribution in [1.82, 2.24) is 9.97 Å². The number of nitrogens with zero attached hydrogens (tertiary/aromatic N) is 2. The first-order valence-corrected chi connectivity index (χ1v) is 8.24. The van der Waals surface area contributed by atoms with Crippen LogP contribution in [-0.4, -0.2) is 22.3 Å². The predicted molar refractivity (Wildman–Crippen MR) is 87.5 cm³/mol. The zero-order valence-corrected chi connectivity index (χ0v) is 12.8. The molecule has 1 unspecified atom stereocenters. The lowest BCUT2D eigenvalue weighted by atomic mass is 9.88. The Morgan fingerprint density at radius 3 is 2.71 bits per heavy atom. The SMILES string of the molecule is CSc1nc(NN)cc(NC2CCc3ccccc3C2)n1. The number of hydrogen-bond donors (Lipinski definition) is 3. The van der Waals surface area contributed by atoms with E-state index in [0.29, 0.717) is 17.0 Å². The molecule has 1 aromatic heterocycles. The number of aryl methyl sites for hydroxylation is 1. The van der Waals surface area contributed by atoms with E-state index in [1.807, 2.05) is 12.3 Å². The number of fused-ring (bicyclic) bond motifs is 1. The number of nitrogens with two attached hydrogens (primary N) is 1. The Bertz CT molecular complexity index is 609. The summed E-state index contributed by atoms with van der Waals surface area (Å²) in [6, 6.07) is 10.9. The van der Waals surface area contributed by atoms with Crippen LogP contribution in [0.5, 0.6) is 0 Å². The van der Waals surface area contributed by atoms with Gasteiger partial charge in [0.1, 0.15) is 11.6 Å². The molecular formula is C15H19N5S. The lowest BCUT2D eigenvalue weighted by Crippen LogP contribution is -2.28. The number of hydrazine groups is 1. The first kappa shape index (κ1) is 14.2. The number of benzene rings is 1.